The fourth-order valence-corrected chi connectivity index (χ4v) is 0.446. The molecule has 0 amide bonds. The number of aliphatic hydroxyl groups is 3. The summed E-state index contributed by atoms with van der Waals surface area (Å²) in [7, 11) is 1.62. The van der Waals surface area contributed by atoms with E-state index in [1.54, 1.807) is 7.05 Å². The van der Waals surface area contributed by atoms with Gasteiger partial charge >= 0.3 is 0 Å². The molecule has 0 aromatic rings. The van der Waals surface area contributed by atoms with Crippen molar-refractivity contribution in [3.8, 4) is 0 Å². The maximum atomic E-state index is 8.82. The molecule has 9 heavy (non-hydrogen) atoms. The van der Waals surface area contributed by atoms with Gasteiger partial charge in [-0.15, -0.1) is 0 Å². The molecule has 0 aliphatic rings. The summed E-state index contributed by atoms with van der Waals surface area (Å²) >= 11 is 0. The van der Waals surface area contributed by atoms with Gasteiger partial charge in [0.2, 0.25) is 0 Å². The Balaban J connectivity index is 3.32. The summed E-state index contributed by atoms with van der Waals surface area (Å²) in [6.07, 6.45) is -0.850. The Hall–Kier alpha value is -0.160. The van der Waals surface area contributed by atoms with E-state index in [9.17, 15) is 0 Å². The first kappa shape index (κ1) is 8.84. The van der Waals surface area contributed by atoms with E-state index in [0.717, 1.165) is 0 Å². The van der Waals surface area contributed by atoms with Crippen molar-refractivity contribution in [2.24, 2.45) is 0 Å². The molecule has 0 aliphatic heterocycles. The Labute approximate surface area is 54.3 Å². The van der Waals surface area contributed by atoms with Gasteiger partial charge in [0.15, 0.2) is 0 Å². The number of aliphatic hydroxyl groups excluding tert-OH is 3. The fraction of sp³-hybridized carbons (Fsp3) is 1.00. The predicted octanol–water partition coefficient (Wildman–Crippen LogP) is -1.78. The zero-order valence-corrected chi connectivity index (χ0v) is 5.49. The average molecular weight is 135 g/mol. The summed E-state index contributed by atoms with van der Waals surface area (Å²) < 4.78 is 0. The minimum Gasteiger partial charge on any atom is -0.395 e. The van der Waals surface area contributed by atoms with Crippen LogP contribution in [0.4, 0.5) is 0 Å². The fourth-order valence-electron chi connectivity index (χ4n) is 0.446. The Kier molecular flexibility index (Phi) is 4.61. The number of likely N-dealkylation sites (N-methyl/N-ethyl adjacent to an activating group) is 1. The quantitative estimate of drug-likeness (QED) is 0.399. The van der Waals surface area contributed by atoms with Crippen molar-refractivity contribution in [3.05, 3.63) is 0 Å². The Bertz CT molecular complexity index is 69.2. The van der Waals surface area contributed by atoms with Gasteiger partial charge in [0.1, 0.15) is 6.23 Å². The minimum absolute atomic E-state index is 0.00639. The molecule has 0 fully saturated rings. The summed E-state index contributed by atoms with van der Waals surface area (Å²) in [5.74, 6) is 0. The number of nitrogens with zero attached hydrogens (tertiary/aromatic N) is 1. The maximum absolute atomic E-state index is 8.82. The molecule has 1 atom stereocenters. The van der Waals surface area contributed by atoms with Crippen LogP contribution < -0.4 is 0 Å². The monoisotopic (exact) mass is 135 g/mol. The molecule has 0 aromatic carbocycles. The van der Waals surface area contributed by atoms with Crippen LogP contribution >= 0.6 is 0 Å². The third-order valence-corrected chi connectivity index (χ3v) is 1.12. The van der Waals surface area contributed by atoms with Crippen molar-refractivity contribution >= 4 is 0 Å². The Morgan fingerprint density at radius 1 is 1.44 bits per heavy atom. The Morgan fingerprint density at radius 2 is 2.00 bits per heavy atom. The number of hydrogen-bond acceptors (Lipinski definition) is 4. The summed E-state index contributed by atoms with van der Waals surface area (Å²) in [4.78, 5) is 1.46. The summed E-state index contributed by atoms with van der Waals surface area (Å²) in [5, 5.41) is 25.5. The van der Waals surface area contributed by atoms with Crippen LogP contribution in [0.25, 0.3) is 0 Å². The van der Waals surface area contributed by atoms with E-state index in [-0.39, 0.29) is 13.2 Å². The van der Waals surface area contributed by atoms with E-state index in [0.29, 0.717) is 6.54 Å². The lowest BCUT2D eigenvalue weighted by molar-refractivity contribution is -0.0262. The molecule has 56 valence electrons. The van der Waals surface area contributed by atoms with Crippen LogP contribution in [0.5, 0.6) is 0 Å². The van der Waals surface area contributed by atoms with Gasteiger partial charge in [-0.2, -0.15) is 0 Å². The van der Waals surface area contributed by atoms with Gasteiger partial charge in [0, 0.05) is 6.54 Å². The third kappa shape index (κ3) is 3.42. The third-order valence-electron chi connectivity index (χ3n) is 1.12. The standard InChI is InChI=1S/C5H13NO3/c1-6(2-3-7)5(9)4-8/h5,7-9H,2-4H2,1H3. The van der Waals surface area contributed by atoms with Crippen LogP contribution in [-0.4, -0.2) is 53.3 Å². The smallest absolute Gasteiger partial charge is 0.130 e. The maximum Gasteiger partial charge on any atom is 0.130 e. The van der Waals surface area contributed by atoms with Crippen molar-refractivity contribution < 1.29 is 15.3 Å². The van der Waals surface area contributed by atoms with E-state index >= 15 is 0 Å². The van der Waals surface area contributed by atoms with Gasteiger partial charge < -0.3 is 15.3 Å². The minimum atomic E-state index is -0.850. The highest BCUT2D eigenvalue weighted by Crippen LogP contribution is 1.87. The Morgan fingerprint density at radius 3 is 2.33 bits per heavy atom. The van der Waals surface area contributed by atoms with E-state index in [2.05, 4.69) is 0 Å². The van der Waals surface area contributed by atoms with Gasteiger partial charge in [-0.25, -0.2) is 0 Å². The molecule has 0 radical (unpaired) electrons. The molecular weight excluding hydrogens is 122 g/mol. The molecule has 4 nitrogen and oxygen atoms in total. The van der Waals surface area contributed by atoms with Crippen molar-refractivity contribution in [2.75, 3.05) is 26.8 Å². The lowest BCUT2D eigenvalue weighted by Gasteiger charge is -2.19. The first-order valence-electron chi connectivity index (χ1n) is 2.82. The van der Waals surface area contributed by atoms with Gasteiger partial charge in [0.05, 0.1) is 13.2 Å². The summed E-state index contributed by atoms with van der Waals surface area (Å²) in [6, 6.07) is 0. The molecular formula is C5H13NO3. The van der Waals surface area contributed by atoms with E-state index in [1.807, 2.05) is 0 Å². The molecule has 0 aliphatic carbocycles. The molecule has 0 aromatic heterocycles. The summed E-state index contributed by atoms with van der Waals surface area (Å²) in [5.41, 5.74) is 0. The second-order valence-corrected chi connectivity index (χ2v) is 1.87. The number of hydrogen-bond donors (Lipinski definition) is 3. The lowest BCUT2D eigenvalue weighted by atomic mass is 10.5. The summed E-state index contributed by atoms with van der Waals surface area (Å²) in [6.45, 7) is 0.0752. The molecule has 3 N–H and O–H groups in total. The molecule has 0 spiro atoms. The van der Waals surface area contributed by atoms with E-state index < -0.39 is 6.23 Å². The first-order chi connectivity index (χ1) is 4.22. The molecule has 0 saturated carbocycles. The number of rotatable bonds is 4. The van der Waals surface area contributed by atoms with Crippen LogP contribution in [0, 0.1) is 0 Å². The molecule has 1 unspecified atom stereocenters. The highest BCUT2D eigenvalue weighted by Gasteiger charge is 2.06. The predicted molar refractivity (Wildman–Crippen MR) is 32.8 cm³/mol. The second-order valence-electron chi connectivity index (χ2n) is 1.87. The molecule has 4 heteroatoms. The van der Waals surface area contributed by atoms with Crippen LogP contribution in [0.3, 0.4) is 0 Å². The van der Waals surface area contributed by atoms with Gasteiger partial charge in [0.25, 0.3) is 0 Å². The normalized spacial score (nSPS) is 14.3. The van der Waals surface area contributed by atoms with Crippen molar-refractivity contribution in [3.63, 3.8) is 0 Å². The van der Waals surface area contributed by atoms with Crippen LogP contribution in [0.2, 0.25) is 0 Å². The van der Waals surface area contributed by atoms with Crippen LogP contribution in [0.1, 0.15) is 0 Å². The SMILES string of the molecule is CN(CCO)C(O)CO. The second kappa shape index (κ2) is 4.69. The van der Waals surface area contributed by atoms with Crippen LogP contribution in [-0.2, 0) is 0 Å². The molecule has 0 rings (SSSR count). The van der Waals surface area contributed by atoms with E-state index in [1.165, 1.54) is 4.90 Å². The topological polar surface area (TPSA) is 63.9 Å². The van der Waals surface area contributed by atoms with Crippen molar-refractivity contribution in [2.45, 2.75) is 6.23 Å². The van der Waals surface area contributed by atoms with Crippen LogP contribution in [0.15, 0.2) is 0 Å². The zero-order valence-electron chi connectivity index (χ0n) is 5.49. The first-order valence-corrected chi connectivity index (χ1v) is 2.82. The van der Waals surface area contributed by atoms with Gasteiger partial charge in [-0.3, -0.25) is 4.90 Å². The molecule has 0 bridgehead atoms. The molecule has 0 saturated heterocycles. The largest absolute Gasteiger partial charge is 0.395 e. The average Bonchev–Trinajstić information content (AvgIpc) is 1.87. The highest BCUT2D eigenvalue weighted by molar-refractivity contribution is 4.52. The van der Waals surface area contributed by atoms with Crippen molar-refractivity contribution in [1.29, 1.82) is 0 Å². The van der Waals surface area contributed by atoms with Crippen molar-refractivity contribution in [1.82, 2.24) is 4.90 Å². The van der Waals surface area contributed by atoms with Gasteiger partial charge in [-0.05, 0) is 7.05 Å². The highest BCUT2D eigenvalue weighted by atomic mass is 16.3. The molecule has 0 heterocycles. The zero-order chi connectivity index (χ0) is 7.28. The van der Waals surface area contributed by atoms with E-state index in [4.69, 9.17) is 15.3 Å². The lowest BCUT2D eigenvalue weighted by Crippen LogP contribution is -2.36. The van der Waals surface area contributed by atoms with Gasteiger partial charge in [-0.1, -0.05) is 0 Å².